The van der Waals surface area contributed by atoms with Crippen molar-refractivity contribution in [1.82, 2.24) is 9.80 Å². The highest BCUT2D eigenvalue weighted by Crippen LogP contribution is 2.25. The van der Waals surface area contributed by atoms with Crippen molar-refractivity contribution in [3.63, 3.8) is 0 Å². The number of hydrogen-bond donors (Lipinski definition) is 1. The van der Waals surface area contributed by atoms with E-state index in [9.17, 15) is 4.79 Å². The van der Waals surface area contributed by atoms with Crippen molar-refractivity contribution in [3.8, 4) is 0 Å². The monoisotopic (exact) mass is 329 g/mol. The van der Waals surface area contributed by atoms with Crippen LogP contribution >= 0.6 is 0 Å². The Morgan fingerprint density at radius 2 is 1.96 bits per heavy atom. The molecule has 2 aliphatic heterocycles. The fourth-order valence-electron chi connectivity index (χ4n) is 4.06. The first-order chi connectivity index (χ1) is 11.8. The van der Waals surface area contributed by atoms with Crippen molar-refractivity contribution in [3.05, 3.63) is 29.3 Å². The van der Waals surface area contributed by atoms with Crippen LogP contribution in [0.15, 0.2) is 18.2 Å². The van der Waals surface area contributed by atoms with Gasteiger partial charge >= 0.3 is 6.03 Å². The molecule has 2 heterocycles. The Morgan fingerprint density at radius 3 is 2.75 bits per heavy atom. The molecule has 0 unspecified atom stereocenters. The molecule has 1 atom stereocenters. The number of nitrogens with one attached hydrogen (secondary N) is 1. The molecule has 2 saturated heterocycles. The molecule has 4 rings (SSSR count). The summed E-state index contributed by atoms with van der Waals surface area (Å²) in [5.41, 5.74) is 3.77. The van der Waals surface area contributed by atoms with Crippen LogP contribution in [-0.2, 0) is 17.6 Å². The van der Waals surface area contributed by atoms with Crippen molar-refractivity contribution in [1.29, 1.82) is 0 Å². The van der Waals surface area contributed by atoms with Crippen LogP contribution in [0.4, 0.5) is 10.5 Å². The Bertz CT molecular complexity index is 590. The minimum atomic E-state index is 0.0321. The predicted octanol–water partition coefficient (Wildman–Crippen LogP) is 2.50. The first-order valence-corrected chi connectivity index (χ1v) is 9.29. The SMILES string of the molecule is O=C(Nc1ccc2c(c1)CCC2)N1CCN(C[C@H]2CCCO2)CC1. The average Bonchev–Trinajstić information content (AvgIpc) is 3.26. The van der Waals surface area contributed by atoms with Gasteiger partial charge in [-0.3, -0.25) is 4.90 Å². The minimum absolute atomic E-state index is 0.0321. The Morgan fingerprint density at radius 1 is 1.12 bits per heavy atom. The summed E-state index contributed by atoms with van der Waals surface area (Å²) in [6, 6.07) is 6.38. The molecule has 0 radical (unpaired) electrons. The predicted molar refractivity (Wildman–Crippen MR) is 94.5 cm³/mol. The summed E-state index contributed by atoms with van der Waals surface area (Å²) >= 11 is 0. The number of rotatable bonds is 3. The Balaban J connectivity index is 1.27. The van der Waals surface area contributed by atoms with E-state index in [1.807, 2.05) is 11.0 Å². The second-order valence-corrected chi connectivity index (χ2v) is 7.19. The number of carbonyl (C=O) groups is 1. The molecule has 1 aromatic rings. The van der Waals surface area contributed by atoms with E-state index in [4.69, 9.17) is 4.74 Å². The van der Waals surface area contributed by atoms with Crippen molar-refractivity contribution >= 4 is 11.7 Å². The van der Waals surface area contributed by atoms with E-state index in [0.29, 0.717) is 6.10 Å². The molecule has 0 spiro atoms. The van der Waals surface area contributed by atoms with E-state index in [-0.39, 0.29) is 6.03 Å². The van der Waals surface area contributed by atoms with Crippen LogP contribution in [0.5, 0.6) is 0 Å². The molecular weight excluding hydrogens is 302 g/mol. The maximum absolute atomic E-state index is 12.5. The number of fused-ring (bicyclic) bond motifs is 1. The van der Waals surface area contributed by atoms with Gasteiger partial charge in [0.25, 0.3) is 0 Å². The Kier molecular flexibility index (Phi) is 4.72. The largest absolute Gasteiger partial charge is 0.377 e. The molecule has 130 valence electrons. The van der Waals surface area contributed by atoms with E-state index >= 15 is 0 Å². The van der Waals surface area contributed by atoms with Gasteiger partial charge in [0.1, 0.15) is 0 Å². The zero-order chi connectivity index (χ0) is 16.4. The van der Waals surface area contributed by atoms with Crippen LogP contribution in [0.1, 0.15) is 30.4 Å². The highest BCUT2D eigenvalue weighted by atomic mass is 16.5. The number of urea groups is 1. The smallest absolute Gasteiger partial charge is 0.321 e. The summed E-state index contributed by atoms with van der Waals surface area (Å²) in [4.78, 5) is 16.8. The number of amides is 2. The lowest BCUT2D eigenvalue weighted by atomic mass is 10.1. The average molecular weight is 329 g/mol. The fourth-order valence-corrected chi connectivity index (χ4v) is 4.06. The van der Waals surface area contributed by atoms with Gasteiger partial charge in [0, 0.05) is 45.0 Å². The van der Waals surface area contributed by atoms with Gasteiger partial charge in [0.05, 0.1) is 6.10 Å². The van der Waals surface area contributed by atoms with Crippen LogP contribution in [0.2, 0.25) is 0 Å². The minimum Gasteiger partial charge on any atom is -0.377 e. The molecule has 0 bridgehead atoms. The number of hydrogen-bond acceptors (Lipinski definition) is 3. The highest BCUT2D eigenvalue weighted by molar-refractivity contribution is 5.89. The van der Waals surface area contributed by atoms with Gasteiger partial charge in [0.2, 0.25) is 0 Å². The van der Waals surface area contributed by atoms with Crippen molar-refractivity contribution in [2.24, 2.45) is 0 Å². The number of aryl methyl sites for hydroxylation is 2. The van der Waals surface area contributed by atoms with Gasteiger partial charge in [0.15, 0.2) is 0 Å². The Labute approximate surface area is 144 Å². The molecule has 1 aromatic carbocycles. The number of ether oxygens (including phenoxy) is 1. The number of benzene rings is 1. The van der Waals surface area contributed by atoms with Crippen LogP contribution in [0.3, 0.4) is 0 Å². The van der Waals surface area contributed by atoms with Crippen LogP contribution in [0, 0.1) is 0 Å². The summed E-state index contributed by atoms with van der Waals surface area (Å²) in [5, 5.41) is 3.07. The quantitative estimate of drug-likeness (QED) is 0.927. The van der Waals surface area contributed by atoms with Crippen molar-refractivity contribution in [2.45, 2.75) is 38.2 Å². The van der Waals surface area contributed by atoms with Gasteiger partial charge in [-0.1, -0.05) is 6.07 Å². The van der Waals surface area contributed by atoms with E-state index in [1.54, 1.807) is 0 Å². The van der Waals surface area contributed by atoms with Gasteiger partial charge in [-0.25, -0.2) is 4.79 Å². The zero-order valence-corrected chi connectivity index (χ0v) is 14.3. The summed E-state index contributed by atoms with van der Waals surface area (Å²) in [5.74, 6) is 0. The van der Waals surface area contributed by atoms with Crippen molar-refractivity contribution in [2.75, 3.05) is 44.6 Å². The lowest BCUT2D eigenvalue weighted by Crippen LogP contribution is -2.51. The maximum atomic E-state index is 12.5. The van der Waals surface area contributed by atoms with Gasteiger partial charge < -0.3 is 15.0 Å². The van der Waals surface area contributed by atoms with Crippen LogP contribution in [-0.4, -0.2) is 61.3 Å². The van der Waals surface area contributed by atoms with Gasteiger partial charge in [-0.2, -0.15) is 0 Å². The normalized spacial score (nSPS) is 24.2. The number of piperazine rings is 1. The van der Waals surface area contributed by atoms with Crippen molar-refractivity contribution < 1.29 is 9.53 Å². The van der Waals surface area contributed by atoms with Gasteiger partial charge in [-0.05, 0) is 55.4 Å². The molecule has 0 aromatic heterocycles. The lowest BCUT2D eigenvalue weighted by Gasteiger charge is -2.35. The third-order valence-electron chi connectivity index (χ3n) is 5.50. The molecule has 1 aliphatic carbocycles. The molecule has 24 heavy (non-hydrogen) atoms. The maximum Gasteiger partial charge on any atom is 0.321 e. The molecule has 5 nitrogen and oxygen atoms in total. The molecule has 2 amide bonds. The second-order valence-electron chi connectivity index (χ2n) is 7.19. The Hall–Kier alpha value is -1.59. The summed E-state index contributed by atoms with van der Waals surface area (Å²) < 4.78 is 5.71. The third kappa shape index (κ3) is 3.57. The van der Waals surface area contributed by atoms with E-state index in [0.717, 1.165) is 51.4 Å². The summed E-state index contributed by atoms with van der Waals surface area (Å²) in [6.45, 7) is 5.40. The fraction of sp³-hybridized carbons (Fsp3) is 0.632. The molecular formula is C19H27N3O2. The molecule has 2 fully saturated rings. The first-order valence-electron chi connectivity index (χ1n) is 9.29. The second kappa shape index (κ2) is 7.11. The lowest BCUT2D eigenvalue weighted by molar-refractivity contribution is 0.0572. The number of anilines is 1. The summed E-state index contributed by atoms with van der Waals surface area (Å²) in [6.07, 6.45) is 6.32. The van der Waals surface area contributed by atoms with Crippen LogP contribution < -0.4 is 5.32 Å². The number of nitrogens with zero attached hydrogens (tertiary/aromatic N) is 2. The van der Waals surface area contributed by atoms with E-state index in [1.165, 1.54) is 36.8 Å². The molecule has 3 aliphatic rings. The van der Waals surface area contributed by atoms with Crippen LogP contribution in [0.25, 0.3) is 0 Å². The van der Waals surface area contributed by atoms with Gasteiger partial charge in [-0.15, -0.1) is 0 Å². The number of carbonyl (C=O) groups excluding carboxylic acids is 1. The third-order valence-corrected chi connectivity index (χ3v) is 5.50. The van der Waals surface area contributed by atoms with E-state index < -0.39 is 0 Å². The first kappa shape index (κ1) is 15.9. The molecule has 0 saturated carbocycles. The van der Waals surface area contributed by atoms with E-state index in [2.05, 4.69) is 22.3 Å². The zero-order valence-electron chi connectivity index (χ0n) is 14.3. The summed E-state index contributed by atoms with van der Waals surface area (Å²) in [7, 11) is 0. The standard InChI is InChI=1S/C19H27N3O2/c23-19(20-17-7-6-15-3-1-4-16(15)13-17)22-10-8-21(9-11-22)14-18-5-2-12-24-18/h6-7,13,18H,1-5,8-12,14H2,(H,20,23)/t18-/m1/s1. The highest BCUT2D eigenvalue weighted by Gasteiger charge is 2.25. The topological polar surface area (TPSA) is 44.8 Å². The molecule has 5 heteroatoms. The molecule has 1 N–H and O–H groups in total.